The maximum atomic E-state index is 8.91. The largest absolute Gasteiger partial charge is 0.393 e. The number of hydrogen-bond donors (Lipinski definition) is 1. The number of aliphatic hydroxyl groups excluding tert-OH is 1. The van der Waals surface area contributed by atoms with E-state index >= 15 is 0 Å². The summed E-state index contributed by atoms with van der Waals surface area (Å²) in [7, 11) is 0. The second-order valence-electron chi connectivity index (χ2n) is 3.61. The Kier molecular flexibility index (Phi) is 5.37. The van der Waals surface area contributed by atoms with Crippen molar-refractivity contribution >= 4 is 0 Å². The average molecular weight is 172 g/mol. The summed E-state index contributed by atoms with van der Waals surface area (Å²) in [4.78, 5) is 0. The summed E-state index contributed by atoms with van der Waals surface area (Å²) >= 11 is 0. The van der Waals surface area contributed by atoms with Gasteiger partial charge in [-0.3, -0.25) is 0 Å². The summed E-state index contributed by atoms with van der Waals surface area (Å²) in [6.45, 7) is 2.00. The molecule has 1 aliphatic heterocycles. The van der Waals surface area contributed by atoms with Gasteiger partial charge in [0, 0.05) is 13.2 Å². The van der Waals surface area contributed by atoms with E-state index in [4.69, 9.17) is 9.84 Å². The molecule has 0 amide bonds. The van der Waals surface area contributed by atoms with Crippen LogP contribution in [0.1, 0.15) is 44.9 Å². The second-order valence-corrected chi connectivity index (χ2v) is 3.61. The molecule has 0 aromatic carbocycles. The topological polar surface area (TPSA) is 29.5 Å². The van der Waals surface area contributed by atoms with Crippen molar-refractivity contribution in [2.24, 2.45) is 0 Å². The first-order valence-corrected chi connectivity index (χ1v) is 5.15. The Morgan fingerprint density at radius 1 is 0.833 bits per heavy atom. The SMILES string of the molecule is C1CCOC1.OC1CCCCC1. The van der Waals surface area contributed by atoms with Crippen molar-refractivity contribution in [1.29, 1.82) is 0 Å². The molecular formula is C10H20O2. The molecule has 12 heavy (non-hydrogen) atoms. The first-order valence-electron chi connectivity index (χ1n) is 5.15. The summed E-state index contributed by atoms with van der Waals surface area (Å²) in [5.74, 6) is 0. The summed E-state index contributed by atoms with van der Waals surface area (Å²) in [5, 5.41) is 8.91. The van der Waals surface area contributed by atoms with Crippen molar-refractivity contribution in [2.45, 2.75) is 51.0 Å². The minimum Gasteiger partial charge on any atom is -0.393 e. The number of hydrogen-bond acceptors (Lipinski definition) is 2. The highest BCUT2D eigenvalue weighted by Gasteiger charge is 2.07. The van der Waals surface area contributed by atoms with E-state index in [1.54, 1.807) is 0 Å². The summed E-state index contributed by atoms with van der Waals surface area (Å²) in [6.07, 6.45) is 8.48. The van der Waals surface area contributed by atoms with E-state index in [1.807, 2.05) is 0 Å². The lowest BCUT2D eigenvalue weighted by molar-refractivity contribution is 0.130. The standard InChI is InChI=1S/C6H12O.C4H8O/c7-6-4-2-1-3-5-6;1-2-4-5-3-1/h6-7H,1-5H2;1-4H2. The van der Waals surface area contributed by atoms with E-state index in [9.17, 15) is 0 Å². The lowest BCUT2D eigenvalue weighted by Gasteiger charge is -2.14. The van der Waals surface area contributed by atoms with Gasteiger partial charge in [0.2, 0.25) is 0 Å². The van der Waals surface area contributed by atoms with Crippen molar-refractivity contribution in [2.75, 3.05) is 13.2 Å². The number of aliphatic hydroxyl groups is 1. The lowest BCUT2D eigenvalue weighted by Crippen LogP contribution is -2.09. The molecule has 2 fully saturated rings. The Balaban J connectivity index is 0.000000127. The monoisotopic (exact) mass is 172 g/mol. The first-order chi connectivity index (χ1) is 5.89. The van der Waals surface area contributed by atoms with E-state index in [-0.39, 0.29) is 6.10 Å². The third-order valence-electron chi connectivity index (χ3n) is 2.40. The van der Waals surface area contributed by atoms with Gasteiger partial charge >= 0.3 is 0 Å². The van der Waals surface area contributed by atoms with Gasteiger partial charge in [0.25, 0.3) is 0 Å². The third kappa shape index (κ3) is 4.73. The zero-order chi connectivity index (χ0) is 8.65. The van der Waals surface area contributed by atoms with Gasteiger partial charge in [0.15, 0.2) is 0 Å². The molecule has 1 saturated heterocycles. The zero-order valence-corrected chi connectivity index (χ0v) is 7.80. The van der Waals surface area contributed by atoms with Crippen LogP contribution in [0.5, 0.6) is 0 Å². The summed E-state index contributed by atoms with van der Waals surface area (Å²) in [6, 6.07) is 0. The highest BCUT2D eigenvalue weighted by atomic mass is 16.5. The van der Waals surface area contributed by atoms with Crippen LogP contribution in [-0.4, -0.2) is 24.4 Å². The van der Waals surface area contributed by atoms with Crippen molar-refractivity contribution in [3.05, 3.63) is 0 Å². The molecular weight excluding hydrogens is 152 g/mol. The molecule has 0 bridgehead atoms. The smallest absolute Gasteiger partial charge is 0.0540 e. The van der Waals surface area contributed by atoms with Gasteiger partial charge in [0.1, 0.15) is 0 Å². The second kappa shape index (κ2) is 6.44. The Morgan fingerprint density at radius 3 is 1.67 bits per heavy atom. The van der Waals surface area contributed by atoms with Crippen LogP contribution >= 0.6 is 0 Å². The van der Waals surface area contributed by atoms with Crippen LogP contribution < -0.4 is 0 Å². The van der Waals surface area contributed by atoms with Gasteiger partial charge < -0.3 is 9.84 Å². The molecule has 0 radical (unpaired) electrons. The highest BCUT2D eigenvalue weighted by Crippen LogP contribution is 2.16. The lowest BCUT2D eigenvalue weighted by atomic mass is 9.98. The van der Waals surface area contributed by atoms with Crippen LogP contribution in [0, 0.1) is 0 Å². The Morgan fingerprint density at radius 2 is 1.42 bits per heavy atom. The van der Waals surface area contributed by atoms with E-state index in [0.717, 1.165) is 26.1 Å². The molecule has 0 aromatic heterocycles. The van der Waals surface area contributed by atoms with Gasteiger partial charge in [-0.05, 0) is 25.7 Å². The number of rotatable bonds is 0. The third-order valence-corrected chi connectivity index (χ3v) is 2.40. The summed E-state index contributed by atoms with van der Waals surface area (Å²) in [5.41, 5.74) is 0. The summed E-state index contributed by atoms with van der Waals surface area (Å²) < 4.78 is 4.94. The minimum absolute atomic E-state index is 0.0359. The average Bonchev–Trinajstić information content (AvgIpc) is 2.62. The quantitative estimate of drug-likeness (QED) is 0.606. The fourth-order valence-electron chi connectivity index (χ4n) is 1.59. The van der Waals surface area contributed by atoms with E-state index in [1.165, 1.54) is 32.1 Å². The molecule has 0 spiro atoms. The van der Waals surface area contributed by atoms with Crippen molar-refractivity contribution in [1.82, 2.24) is 0 Å². The van der Waals surface area contributed by atoms with Crippen molar-refractivity contribution in [3.8, 4) is 0 Å². The van der Waals surface area contributed by atoms with E-state index in [0.29, 0.717) is 0 Å². The fourth-order valence-corrected chi connectivity index (χ4v) is 1.59. The van der Waals surface area contributed by atoms with Crippen molar-refractivity contribution < 1.29 is 9.84 Å². The van der Waals surface area contributed by atoms with Gasteiger partial charge in [0.05, 0.1) is 6.10 Å². The minimum atomic E-state index is 0.0359. The molecule has 0 unspecified atom stereocenters. The predicted molar refractivity (Wildman–Crippen MR) is 49.1 cm³/mol. The molecule has 2 nitrogen and oxygen atoms in total. The highest BCUT2D eigenvalue weighted by molar-refractivity contribution is 4.61. The molecule has 2 heteroatoms. The Labute approximate surface area is 74.9 Å². The molecule has 1 N–H and O–H groups in total. The fraction of sp³-hybridized carbons (Fsp3) is 1.00. The van der Waals surface area contributed by atoms with Crippen LogP contribution in [0.25, 0.3) is 0 Å². The molecule has 2 rings (SSSR count). The Hall–Kier alpha value is -0.0800. The van der Waals surface area contributed by atoms with Crippen molar-refractivity contribution in [3.63, 3.8) is 0 Å². The maximum Gasteiger partial charge on any atom is 0.0540 e. The van der Waals surface area contributed by atoms with Gasteiger partial charge in [-0.15, -0.1) is 0 Å². The zero-order valence-electron chi connectivity index (χ0n) is 7.80. The van der Waals surface area contributed by atoms with Gasteiger partial charge in [-0.1, -0.05) is 19.3 Å². The van der Waals surface area contributed by atoms with Crippen LogP contribution in [0.4, 0.5) is 0 Å². The van der Waals surface area contributed by atoms with E-state index < -0.39 is 0 Å². The normalized spacial score (nSPS) is 24.8. The van der Waals surface area contributed by atoms with Crippen LogP contribution in [0.15, 0.2) is 0 Å². The van der Waals surface area contributed by atoms with Gasteiger partial charge in [-0.25, -0.2) is 0 Å². The molecule has 72 valence electrons. The predicted octanol–water partition coefficient (Wildman–Crippen LogP) is 2.11. The van der Waals surface area contributed by atoms with Crippen LogP contribution in [-0.2, 0) is 4.74 Å². The number of ether oxygens (including phenoxy) is 1. The van der Waals surface area contributed by atoms with E-state index in [2.05, 4.69) is 0 Å². The molecule has 0 aromatic rings. The van der Waals surface area contributed by atoms with Gasteiger partial charge in [-0.2, -0.15) is 0 Å². The van der Waals surface area contributed by atoms with Crippen LogP contribution in [0.2, 0.25) is 0 Å². The van der Waals surface area contributed by atoms with Crippen LogP contribution in [0.3, 0.4) is 0 Å². The molecule has 2 aliphatic rings. The molecule has 1 saturated carbocycles. The first kappa shape index (κ1) is 10.0. The maximum absolute atomic E-state index is 8.91. The Bertz CT molecular complexity index is 86.4. The molecule has 0 atom stereocenters. The molecule has 1 aliphatic carbocycles. The molecule has 1 heterocycles.